The number of fused-ring (bicyclic) bond motifs is 7. The van der Waals surface area contributed by atoms with Gasteiger partial charge in [-0.15, -0.1) is 0 Å². The van der Waals surface area contributed by atoms with Crippen molar-refractivity contribution in [3.8, 4) is 5.75 Å². The number of aliphatic hydroxyl groups is 5. The Bertz CT molecular complexity index is 2700. The molecule has 15 atom stereocenters. The number of carboxylic acids is 1. The van der Waals surface area contributed by atoms with Crippen LogP contribution < -0.4 is 15.4 Å². The van der Waals surface area contributed by atoms with Crippen LogP contribution in [0.15, 0.2) is 66.3 Å². The van der Waals surface area contributed by atoms with Crippen LogP contribution in [0.2, 0.25) is 0 Å². The second-order valence-electron chi connectivity index (χ2n) is 22.3. The Kier molecular flexibility index (Phi) is 14.9. The number of nitrogens with one attached hydrogen (secondary N) is 2. The third-order valence-corrected chi connectivity index (χ3v) is 18.1. The summed E-state index contributed by atoms with van der Waals surface area (Å²) in [5.41, 5.74) is 0.176. The number of nitrogens with zero attached hydrogens (tertiary/aromatic N) is 1. The Morgan fingerprint density at radius 3 is 2.41 bits per heavy atom. The van der Waals surface area contributed by atoms with Gasteiger partial charge in [0.15, 0.2) is 29.6 Å². The molecule has 4 aliphatic heterocycles. The minimum absolute atomic E-state index is 0.000380. The van der Waals surface area contributed by atoms with Gasteiger partial charge in [-0.1, -0.05) is 71.8 Å². The zero-order chi connectivity index (χ0) is 54.1. The molecule has 22 heteroatoms. The van der Waals surface area contributed by atoms with E-state index in [4.69, 9.17) is 28.4 Å². The smallest absolute Gasteiger partial charge is 0.410 e. The first-order chi connectivity index (χ1) is 36.2. The predicted octanol–water partition coefficient (Wildman–Crippen LogP) is 2.37. The molecule has 4 heterocycles. The fraction of sp³-hybridized carbons (Fsp3) is 0.593. The van der Waals surface area contributed by atoms with Crippen molar-refractivity contribution in [2.75, 3.05) is 43.5 Å². The van der Waals surface area contributed by atoms with E-state index in [1.165, 1.54) is 18.2 Å². The highest BCUT2D eigenvalue weighted by molar-refractivity contribution is 9.09. The second-order valence-corrected chi connectivity index (χ2v) is 22.9. The van der Waals surface area contributed by atoms with E-state index in [0.717, 1.165) is 29.5 Å². The van der Waals surface area contributed by atoms with Gasteiger partial charge in [0, 0.05) is 53.8 Å². The number of hydrogen-bond donors (Lipinski definition) is 8. The molecule has 4 saturated heterocycles. The summed E-state index contributed by atoms with van der Waals surface area (Å²) in [7, 11) is 0. The number of carbonyl (C=O) groups excluding carboxylic acids is 5. The number of hydrogen-bond acceptors (Lipinski definition) is 17. The lowest BCUT2D eigenvalue weighted by atomic mass is 9.46. The van der Waals surface area contributed by atoms with Gasteiger partial charge in [0.2, 0.25) is 18.1 Å². The van der Waals surface area contributed by atoms with Crippen LogP contribution >= 0.6 is 15.9 Å². The monoisotopic (exact) mass is 1120 g/mol. The van der Waals surface area contributed by atoms with E-state index in [-0.39, 0.29) is 83.7 Å². The van der Waals surface area contributed by atoms with Crippen molar-refractivity contribution in [2.24, 2.45) is 34.0 Å². The Hall–Kier alpha value is -5.14. The summed E-state index contributed by atoms with van der Waals surface area (Å²) in [6.45, 7) is 4.42. The molecule has 1 spiro atoms. The normalized spacial score (nSPS) is 36.7. The number of allylic oxidation sites excluding steroid dienone is 4. The lowest BCUT2D eigenvalue weighted by Gasteiger charge is -2.59. The number of ether oxygens (including phenoxy) is 6. The number of halogens is 1. The summed E-state index contributed by atoms with van der Waals surface area (Å²) in [5.74, 6) is -3.22. The number of carbonyl (C=O) groups is 6. The number of amides is 3. The Labute approximate surface area is 446 Å². The standard InChI is InChI=1S/C54H64BrN3O18/c1-51-13-11-31(60)17-30(51)8-9-33-34-18-39-54(38(62)22-59,52(34,2)20-36(61)42(33)51)76-48(74-39)29-6-3-27(4-7-29)15-32-19-53(26-72-32)24-58(25-53)50(70)71-23-28-5-10-37(35(16-28)57-40(63)12-14-56-41(64)21-55)73-49-45(67)43(65)44(66)46(75-49)47(68)69/h3-7,10-11,13,16-17,32-34,36,39,42-46,48-49,59,61,65-67H,8-9,12,14-15,18-26H2,1-2H3,(H,56,64)(H,57,63)(H,68,69)/t32?,33-,34-,36-,39+,42+,43-,44-,45+,46-,48+,49+,51-,52-,54+/m0/s1. The predicted molar refractivity (Wildman–Crippen MR) is 267 cm³/mol. The highest BCUT2D eigenvalue weighted by Gasteiger charge is 2.76. The summed E-state index contributed by atoms with van der Waals surface area (Å²) in [4.78, 5) is 77.5. The summed E-state index contributed by atoms with van der Waals surface area (Å²) >= 11 is 3.03. The molecule has 0 radical (unpaired) electrons. The molecule has 2 aromatic carbocycles. The van der Waals surface area contributed by atoms with Crippen molar-refractivity contribution in [3.05, 3.63) is 83.0 Å². The summed E-state index contributed by atoms with van der Waals surface area (Å²) in [6.07, 6.45) is -3.72. The van der Waals surface area contributed by atoms with Crippen molar-refractivity contribution >= 4 is 57.1 Å². The van der Waals surface area contributed by atoms with E-state index in [1.54, 1.807) is 17.1 Å². The minimum atomic E-state index is -1.95. The zero-order valence-electron chi connectivity index (χ0n) is 42.0. The van der Waals surface area contributed by atoms with E-state index in [0.29, 0.717) is 44.5 Å². The maximum absolute atomic E-state index is 14.0. The van der Waals surface area contributed by atoms with E-state index in [2.05, 4.69) is 33.5 Å². The third-order valence-electron chi connectivity index (χ3n) is 17.6. The molecule has 8 N–H and O–H groups in total. The first kappa shape index (κ1) is 54.2. The van der Waals surface area contributed by atoms with Gasteiger partial charge in [0.05, 0.1) is 35.9 Å². The van der Waals surface area contributed by atoms with Crippen LogP contribution in [0.4, 0.5) is 10.5 Å². The van der Waals surface area contributed by atoms with Gasteiger partial charge in [-0.25, -0.2) is 9.59 Å². The average Bonchev–Trinajstić information content (AvgIpc) is 4.13. The van der Waals surface area contributed by atoms with E-state index in [9.17, 15) is 59.4 Å². The Balaban J connectivity index is 0.731. The molecule has 21 nitrogen and oxygen atoms in total. The van der Waals surface area contributed by atoms with Crippen LogP contribution in [0.1, 0.15) is 75.4 Å². The van der Waals surface area contributed by atoms with Gasteiger partial charge in [0.25, 0.3) is 0 Å². The summed E-state index contributed by atoms with van der Waals surface area (Å²) in [6, 6.07) is 12.1. The first-order valence-electron chi connectivity index (χ1n) is 25.8. The van der Waals surface area contributed by atoms with Crippen molar-refractivity contribution < 1.29 is 87.8 Å². The second kappa shape index (κ2) is 20.9. The molecule has 3 amide bonds. The van der Waals surface area contributed by atoms with Crippen LogP contribution in [-0.2, 0) is 60.7 Å². The molecule has 1 unspecified atom stereocenters. The molecule has 4 aliphatic carbocycles. The first-order valence-corrected chi connectivity index (χ1v) is 26.9. The van der Waals surface area contributed by atoms with Crippen LogP contribution in [0.3, 0.4) is 0 Å². The zero-order valence-corrected chi connectivity index (χ0v) is 43.6. The van der Waals surface area contributed by atoms with E-state index in [1.807, 2.05) is 37.3 Å². The van der Waals surface area contributed by atoms with E-state index >= 15 is 0 Å². The highest BCUT2D eigenvalue weighted by atomic mass is 79.9. The minimum Gasteiger partial charge on any atom is -0.479 e. The fourth-order valence-electron chi connectivity index (χ4n) is 14.0. The number of ketones is 2. The molecule has 10 rings (SSSR count). The molecule has 8 aliphatic rings. The van der Waals surface area contributed by atoms with Gasteiger partial charge < -0.3 is 74.6 Å². The molecular weight excluding hydrogens is 1060 g/mol. The number of carboxylic acid groups (broad SMARTS) is 1. The lowest BCUT2D eigenvalue weighted by molar-refractivity contribution is -0.271. The molecular formula is C54H64BrN3O18. The number of rotatable bonds is 15. The number of benzene rings is 2. The summed E-state index contributed by atoms with van der Waals surface area (Å²) < 4.78 is 36.3. The van der Waals surface area contributed by atoms with Gasteiger partial charge in [-0.3, -0.25) is 19.2 Å². The van der Waals surface area contributed by atoms with E-state index < -0.39 is 96.0 Å². The lowest BCUT2D eigenvalue weighted by Crippen LogP contribution is -2.63. The number of aliphatic hydroxyl groups excluding tert-OH is 5. The number of likely N-dealkylation sites (tertiary alicyclic amines) is 1. The number of anilines is 1. The third kappa shape index (κ3) is 9.59. The van der Waals surface area contributed by atoms with Crippen molar-refractivity contribution in [3.63, 3.8) is 0 Å². The van der Waals surface area contributed by atoms with Crippen molar-refractivity contribution in [1.29, 1.82) is 0 Å². The molecule has 2 aromatic rings. The highest BCUT2D eigenvalue weighted by Crippen LogP contribution is 2.70. The van der Waals surface area contributed by atoms with Gasteiger partial charge in [-0.05, 0) is 85.8 Å². The van der Waals surface area contributed by atoms with Crippen molar-refractivity contribution in [2.45, 2.75) is 126 Å². The van der Waals surface area contributed by atoms with Gasteiger partial charge in [-0.2, -0.15) is 0 Å². The molecule has 3 saturated carbocycles. The quantitative estimate of drug-likeness (QED) is 0.119. The topological polar surface area (TPSA) is 306 Å². The Morgan fingerprint density at radius 2 is 1.68 bits per heavy atom. The largest absolute Gasteiger partial charge is 0.479 e. The summed E-state index contributed by atoms with van der Waals surface area (Å²) in [5, 5.41) is 68.1. The maximum atomic E-state index is 14.0. The fourth-order valence-corrected chi connectivity index (χ4v) is 14.2. The van der Waals surface area contributed by atoms with Crippen LogP contribution in [0.5, 0.6) is 5.75 Å². The average molecular weight is 1120 g/mol. The van der Waals surface area contributed by atoms with Crippen molar-refractivity contribution in [1.82, 2.24) is 10.2 Å². The molecule has 0 aromatic heterocycles. The number of aliphatic carboxylic acids is 1. The van der Waals surface area contributed by atoms with Crippen LogP contribution in [-0.4, -0.2) is 164 Å². The van der Waals surface area contributed by atoms with Gasteiger partial charge >= 0.3 is 12.1 Å². The Morgan fingerprint density at radius 1 is 0.934 bits per heavy atom. The molecule has 76 heavy (non-hydrogen) atoms. The SMILES string of the molecule is C[C@]12C=CC(=O)C=C1CC[C@@H]1[C@@H]2[C@@H](O)C[C@@]2(C)[C@H]1C[C@H]1O[C@@H](c3ccc(CC4CC5(CO4)CN(C(=O)OCc4ccc(O[C@@H]6O[C@H](C(=O)O)[C@@H](O)[C@H](O)[C@H]6O)c(NC(=O)CCNC(=O)CBr)c4)C5)cc3)O[C@]12C(=O)CO. The van der Waals surface area contributed by atoms with Crippen LogP contribution in [0, 0.1) is 34.0 Å². The molecule has 7 fully saturated rings. The number of Topliss-reactive ketones (excluding diaryl/α,β-unsaturated/α-hetero) is 1. The van der Waals surface area contributed by atoms with Crippen LogP contribution in [0.25, 0.3) is 0 Å². The van der Waals surface area contributed by atoms with Gasteiger partial charge in [0.1, 0.15) is 37.3 Å². The molecule has 410 valence electrons. The molecule has 0 bridgehead atoms. The maximum Gasteiger partial charge on any atom is 0.410 e. The number of alkyl halides is 1.